The quantitative estimate of drug-likeness (QED) is 0.561. The average molecular weight is 356 g/mol. The molecule has 0 unspecified atom stereocenters. The van der Waals surface area contributed by atoms with Crippen molar-refractivity contribution in [3.8, 4) is 5.75 Å². The molecule has 0 saturated heterocycles. The molecule has 0 atom stereocenters. The zero-order valence-electron chi connectivity index (χ0n) is 15.7. The van der Waals surface area contributed by atoms with Crippen LogP contribution >= 0.6 is 0 Å². The van der Waals surface area contributed by atoms with E-state index in [1.54, 1.807) is 12.3 Å². The second-order valence-electron chi connectivity index (χ2n) is 6.86. The fourth-order valence-electron chi connectivity index (χ4n) is 3.35. The molecule has 134 valence electrons. The Morgan fingerprint density at radius 3 is 2.67 bits per heavy atom. The Balaban J connectivity index is 1.77. The van der Waals surface area contributed by atoms with Gasteiger partial charge in [0.05, 0.1) is 0 Å². The van der Waals surface area contributed by atoms with Crippen LogP contribution in [0, 0.1) is 0 Å². The standard InChI is InChI=1S/C23H21N3O/c1-25(2)19-11-12-21-17(15-19)8-10-18(26(21)3)9-7-16-13-14-24-23-20(16)5-4-6-22(23)27/h4-15H,1-3H3/p+1. The van der Waals surface area contributed by atoms with E-state index in [1.807, 2.05) is 18.2 Å². The highest BCUT2D eigenvalue weighted by atomic mass is 16.3. The first kappa shape index (κ1) is 17.0. The number of hydrogen-bond donors (Lipinski definition) is 1. The van der Waals surface area contributed by atoms with Crippen molar-refractivity contribution in [2.75, 3.05) is 19.0 Å². The van der Waals surface area contributed by atoms with Gasteiger partial charge in [0, 0.05) is 55.0 Å². The van der Waals surface area contributed by atoms with Gasteiger partial charge in [0.25, 0.3) is 0 Å². The lowest BCUT2D eigenvalue weighted by Crippen LogP contribution is -2.32. The van der Waals surface area contributed by atoms with E-state index in [4.69, 9.17) is 0 Å². The number of pyridine rings is 2. The molecular formula is C23H22N3O+. The van der Waals surface area contributed by atoms with Gasteiger partial charge in [0.2, 0.25) is 11.2 Å². The van der Waals surface area contributed by atoms with Crippen molar-refractivity contribution in [3.05, 3.63) is 72.1 Å². The first-order chi connectivity index (χ1) is 13.0. The summed E-state index contributed by atoms with van der Waals surface area (Å²) in [5.74, 6) is 0.204. The lowest BCUT2D eigenvalue weighted by Gasteiger charge is -2.12. The summed E-state index contributed by atoms with van der Waals surface area (Å²) in [6, 6.07) is 18.2. The minimum absolute atomic E-state index is 0.204. The van der Waals surface area contributed by atoms with Crippen LogP contribution in [0.3, 0.4) is 0 Å². The third kappa shape index (κ3) is 3.10. The molecule has 2 aromatic heterocycles. The molecule has 0 aliphatic heterocycles. The van der Waals surface area contributed by atoms with Crippen molar-refractivity contribution in [3.63, 3.8) is 0 Å². The van der Waals surface area contributed by atoms with Crippen LogP contribution in [-0.2, 0) is 7.05 Å². The molecule has 4 aromatic rings. The number of aromatic nitrogens is 2. The van der Waals surface area contributed by atoms with Crippen molar-refractivity contribution in [1.29, 1.82) is 0 Å². The van der Waals surface area contributed by atoms with Gasteiger partial charge in [0.15, 0.2) is 0 Å². The van der Waals surface area contributed by atoms with E-state index in [-0.39, 0.29) is 5.75 Å². The predicted octanol–water partition coefficient (Wildman–Crippen LogP) is 4.15. The van der Waals surface area contributed by atoms with Crippen molar-refractivity contribution in [1.82, 2.24) is 4.98 Å². The van der Waals surface area contributed by atoms with Gasteiger partial charge in [-0.1, -0.05) is 12.1 Å². The minimum Gasteiger partial charge on any atom is -0.506 e. The maximum Gasteiger partial charge on any atom is 0.212 e. The Morgan fingerprint density at radius 1 is 1.00 bits per heavy atom. The summed E-state index contributed by atoms with van der Waals surface area (Å²) in [4.78, 5) is 6.39. The highest BCUT2D eigenvalue weighted by molar-refractivity contribution is 5.93. The van der Waals surface area contributed by atoms with Crippen LogP contribution in [0.1, 0.15) is 11.3 Å². The van der Waals surface area contributed by atoms with Gasteiger partial charge in [-0.05, 0) is 42.0 Å². The summed E-state index contributed by atoms with van der Waals surface area (Å²) in [5.41, 5.74) is 5.12. The molecule has 27 heavy (non-hydrogen) atoms. The van der Waals surface area contributed by atoms with Gasteiger partial charge < -0.3 is 10.0 Å². The third-order valence-electron chi connectivity index (χ3n) is 4.93. The highest BCUT2D eigenvalue weighted by Gasteiger charge is 2.11. The molecule has 0 spiro atoms. The van der Waals surface area contributed by atoms with Crippen LogP contribution in [0.25, 0.3) is 34.0 Å². The topological polar surface area (TPSA) is 40.2 Å². The van der Waals surface area contributed by atoms with Gasteiger partial charge in [-0.25, -0.2) is 0 Å². The minimum atomic E-state index is 0.204. The van der Waals surface area contributed by atoms with Crippen LogP contribution in [0.2, 0.25) is 0 Å². The fraction of sp³-hybridized carbons (Fsp3) is 0.130. The normalized spacial score (nSPS) is 11.5. The average Bonchev–Trinajstić information content (AvgIpc) is 2.67. The lowest BCUT2D eigenvalue weighted by atomic mass is 10.1. The number of rotatable bonds is 3. The zero-order chi connectivity index (χ0) is 19.0. The van der Waals surface area contributed by atoms with E-state index in [0.717, 1.165) is 16.6 Å². The molecule has 2 aromatic carbocycles. The van der Waals surface area contributed by atoms with E-state index < -0.39 is 0 Å². The smallest absolute Gasteiger partial charge is 0.212 e. The van der Waals surface area contributed by atoms with E-state index in [0.29, 0.717) is 5.52 Å². The van der Waals surface area contributed by atoms with Gasteiger partial charge in [-0.2, -0.15) is 4.57 Å². The number of phenols is 1. The SMILES string of the molecule is CN(C)c1ccc2c(ccc(C=Cc3ccnc4c(O)cccc34)[n+]2C)c1. The first-order valence-corrected chi connectivity index (χ1v) is 8.89. The van der Waals surface area contributed by atoms with Gasteiger partial charge in [0.1, 0.15) is 18.3 Å². The van der Waals surface area contributed by atoms with Crippen molar-refractivity contribution < 1.29 is 9.67 Å². The predicted molar refractivity (Wildman–Crippen MR) is 112 cm³/mol. The van der Waals surface area contributed by atoms with E-state index in [9.17, 15) is 5.11 Å². The Hall–Kier alpha value is -3.40. The Morgan fingerprint density at radius 2 is 1.85 bits per heavy atom. The summed E-state index contributed by atoms with van der Waals surface area (Å²) >= 11 is 0. The maximum absolute atomic E-state index is 10.0. The fourth-order valence-corrected chi connectivity index (χ4v) is 3.35. The third-order valence-corrected chi connectivity index (χ3v) is 4.93. The largest absolute Gasteiger partial charge is 0.506 e. The van der Waals surface area contributed by atoms with Crippen molar-refractivity contribution in [2.24, 2.45) is 7.05 Å². The molecule has 4 rings (SSSR count). The molecule has 4 nitrogen and oxygen atoms in total. The highest BCUT2D eigenvalue weighted by Crippen LogP contribution is 2.26. The number of aryl methyl sites for hydroxylation is 1. The zero-order valence-corrected chi connectivity index (χ0v) is 15.7. The first-order valence-electron chi connectivity index (χ1n) is 8.89. The summed E-state index contributed by atoms with van der Waals surface area (Å²) < 4.78 is 2.19. The summed E-state index contributed by atoms with van der Waals surface area (Å²) in [6.07, 6.45) is 5.89. The van der Waals surface area contributed by atoms with Crippen molar-refractivity contribution >= 4 is 39.6 Å². The number of anilines is 1. The molecule has 0 radical (unpaired) electrons. The van der Waals surface area contributed by atoms with Gasteiger partial charge in [-0.15, -0.1) is 0 Å². The molecule has 0 aliphatic carbocycles. The number of fused-ring (bicyclic) bond motifs is 2. The monoisotopic (exact) mass is 356 g/mol. The molecule has 0 amide bonds. The molecule has 0 aliphatic rings. The maximum atomic E-state index is 10.0. The molecule has 4 heteroatoms. The molecule has 2 heterocycles. The molecular weight excluding hydrogens is 334 g/mol. The summed E-state index contributed by atoms with van der Waals surface area (Å²) in [7, 11) is 6.18. The Labute approximate surface area is 158 Å². The lowest BCUT2D eigenvalue weighted by molar-refractivity contribution is -0.646. The Kier molecular flexibility index (Phi) is 4.24. The van der Waals surface area contributed by atoms with E-state index in [2.05, 4.69) is 78.1 Å². The van der Waals surface area contributed by atoms with E-state index >= 15 is 0 Å². The molecule has 0 saturated carbocycles. The van der Waals surface area contributed by atoms with Gasteiger partial charge in [-0.3, -0.25) is 4.98 Å². The number of hydrogen-bond acceptors (Lipinski definition) is 3. The van der Waals surface area contributed by atoms with Crippen LogP contribution in [0.15, 0.2) is 60.8 Å². The number of phenolic OH excluding ortho intramolecular Hbond substituents is 1. The number of nitrogens with zero attached hydrogens (tertiary/aromatic N) is 3. The van der Waals surface area contributed by atoms with Crippen LogP contribution < -0.4 is 9.47 Å². The number of aromatic hydroxyl groups is 1. The van der Waals surface area contributed by atoms with Crippen molar-refractivity contribution in [2.45, 2.75) is 0 Å². The second-order valence-corrected chi connectivity index (χ2v) is 6.86. The van der Waals surface area contributed by atoms with Crippen LogP contribution in [-0.4, -0.2) is 24.2 Å². The summed E-state index contributed by atoms with van der Waals surface area (Å²) in [5, 5.41) is 12.2. The summed E-state index contributed by atoms with van der Waals surface area (Å²) in [6.45, 7) is 0. The molecule has 1 N–H and O–H groups in total. The van der Waals surface area contributed by atoms with Gasteiger partial charge >= 0.3 is 0 Å². The Bertz CT molecular complexity index is 1180. The second kappa shape index (κ2) is 6.72. The van der Waals surface area contributed by atoms with E-state index in [1.165, 1.54) is 16.6 Å². The number of benzene rings is 2. The van der Waals surface area contributed by atoms with Crippen LogP contribution in [0.4, 0.5) is 5.69 Å². The van der Waals surface area contributed by atoms with Crippen LogP contribution in [0.5, 0.6) is 5.75 Å². The molecule has 0 fully saturated rings. The molecule has 0 bridgehead atoms. The number of para-hydroxylation sites is 1.